The largest absolute Gasteiger partial charge is 0.495 e. The number of Topliss-reactive ketones (excluding diaryl/α,β-unsaturated/α-hetero) is 1. The lowest BCUT2D eigenvalue weighted by Crippen LogP contribution is -2.37. The number of hydrogen-bond acceptors (Lipinski definition) is 6. The van der Waals surface area contributed by atoms with Crippen LogP contribution in [0.2, 0.25) is 0 Å². The number of amides is 2. The van der Waals surface area contributed by atoms with Gasteiger partial charge in [0, 0.05) is 16.5 Å². The lowest BCUT2D eigenvalue weighted by Gasteiger charge is -2.34. The van der Waals surface area contributed by atoms with Gasteiger partial charge in [-0.15, -0.1) is 0 Å². The van der Waals surface area contributed by atoms with Gasteiger partial charge in [-0.3, -0.25) is 19.9 Å². The van der Waals surface area contributed by atoms with Crippen molar-refractivity contribution in [2.24, 2.45) is 5.41 Å². The number of aliphatic carboxylic acids is 1. The molecule has 0 fully saturated rings. The van der Waals surface area contributed by atoms with Gasteiger partial charge in [0.1, 0.15) is 5.75 Å². The van der Waals surface area contributed by atoms with Crippen molar-refractivity contribution in [2.75, 3.05) is 17.7 Å². The van der Waals surface area contributed by atoms with Crippen molar-refractivity contribution < 1.29 is 24.2 Å². The highest BCUT2D eigenvalue weighted by Gasteiger charge is 2.42. The Morgan fingerprint density at radius 1 is 1.11 bits per heavy atom. The van der Waals surface area contributed by atoms with Crippen molar-refractivity contribution in [1.82, 2.24) is 9.97 Å². The molecule has 0 aliphatic heterocycles. The van der Waals surface area contributed by atoms with Crippen LogP contribution in [0.1, 0.15) is 47.7 Å². The number of carboxylic acids is 1. The Bertz CT molecular complexity index is 1320. The van der Waals surface area contributed by atoms with Gasteiger partial charge in [0.05, 0.1) is 37.3 Å². The normalized spacial score (nSPS) is 16.7. The Kier molecular flexibility index (Phi) is 7.00. The van der Waals surface area contributed by atoms with E-state index in [0.717, 1.165) is 16.7 Å². The minimum Gasteiger partial charge on any atom is -0.495 e. The van der Waals surface area contributed by atoms with Gasteiger partial charge in [-0.2, -0.15) is 0 Å². The van der Waals surface area contributed by atoms with Crippen molar-refractivity contribution in [3.8, 4) is 17.0 Å². The molecule has 1 unspecified atom stereocenters. The maximum atomic E-state index is 13.1. The number of ketones is 1. The van der Waals surface area contributed by atoms with E-state index in [9.17, 15) is 19.5 Å². The fourth-order valence-corrected chi connectivity index (χ4v) is 4.61. The van der Waals surface area contributed by atoms with Crippen LogP contribution >= 0.6 is 0 Å². The molecule has 1 aromatic heterocycles. The number of carbonyl (C=O) groups is 3. The van der Waals surface area contributed by atoms with Crippen LogP contribution in [-0.4, -0.2) is 40.0 Å². The van der Waals surface area contributed by atoms with E-state index in [4.69, 9.17) is 4.74 Å². The van der Waals surface area contributed by atoms with E-state index >= 15 is 0 Å². The molecule has 1 atom stereocenters. The lowest BCUT2D eigenvalue weighted by molar-refractivity contribution is -0.139. The van der Waals surface area contributed by atoms with Gasteiger partial charge in [-0.25, -0.2) is 9.78 Å². The molecule has 0 spiro atoms. The Morgan fingerprint density at radius 3 is 2.58 bits per heavy atom. The number of methoxy groups -OCH3 is 1. The average Bonchev–Trinajstić information content (AvgIpc) is 2.86. The number of urea groups is 1. The minimum absolute atomic E-state index is 0.109. The Labute approximate surface area is 208 Å². The first-order valence-corrected chi connectivity index (χ1v) is 11.7. The predicted octanol–water partition coefficient (Wildman–Crippen LogP) is 5.10. The van der Waals surface area contributed by atoms with Crippen molar-refractivity contribution >= 4 is 29.3 Å². The van der Waals surface area contributed by atoms with Gasteiger partial charge >= 0.3 is 12.0 Å². The maximum Gasteiger partial charge on any atom is 0.324 e. The Balaban J connectivity index is 1.47. The molecule has 1 aliphatic carbocycles. The van der Waals surface area contributed by atoms with Crippen molar-refractivity contribution in [2.45, 2.75) is 39.5 Å². The number of carbonyl (C=O) groups excluding carboxylic acids is 2. The van der Waals surface area contributed by atoms with Crippen molar-refractivity contribution in [3.63, 3.8) is 0 Å². The molecule has 2 amide bonds. The van der Waals surface area contributed by atoms with E-state index in [0.29, 0.717) is 42.0 Å². The number of nitrogens with zero attached hydrogens (tertiary/aromatic N) is 2. The minimum atomic E-state index is -0.957. The molecule has 9 nitrogen and oxygen atoms in total. The number of anilines is 2. The van der Waals surface area contributed by atoms with Gasteiger partial charge in [0.25, 0.3) is 0 Å². The zero-order chi connectivity index (χ0) is 25.9. The standard InChI is InChI=1S/C27H28N4O5/c1-4-27(13-24(32)33)10-9-17-12-18(6-7-19(17)25(27)34)21-14-29-23(15-28-21)31-26(35)30-20-11-16(2)5-8-22(20)36-3/h5-8,11-12,14-15H,4,9-10,13H2,1-3H3,(H,32,33)(H2,29,30,31,35). The molecule has 0 bridgehead atoms. The molecule has 4 rings (SSSR count). The van der Waals surface area contributed by atoms with E-state index in [1.165, 1.54) is 13.3 Å². The fourth-order valence-electron chi connectivity index (χ4n) is 4.61. The first-order chi connectivity index (χ1) is 17.2. The molecule has 36 heavy (non-hydrogen) atoms. The molecular weight excluding hydrogens is 460 g/mol. The van der Waals surface area contributed by atoms with Crippen molar-refractivity contribution in [1.29, 1.82) is 0 Å². The molecule has 3 aromatic rings. The van der Waals surface area contributed by atoms with Crippen LogP contribution < -0.4 is 15.4 Å². The Morgan fingerprint density at radius 2 is 1.92 bits per heavy atom. The van der Waals surface area contributed by atoms with Gasteiger partial charge in [-0.05, 0) is 55.5 Å². The summed E-state index contributed by atoms with van der Waals surface area (Å²) < 4.78 is 5.28. The highest BCUT2D eigenvalue weighted by atomic mass is 16.5. The van der Waals surface area contributed by atoms with Gasteiger partial charge in [-0.1, -0.05) is 25.1 Å². The SMILES string of the molecule is CCC1(CC(=O)O)CCc2cc(-c3cnc(NC(=O)Nc4cc(C)ccc4OC)cn3)ccc2C1=O. The van der Waals surface area contributed by atoms with E-state index < -0.39 is 17.4 Å². The lowest BCUT2D eigenvalue weighted by atomic mass is 9.67. The summed E-state index contributed by atoms with van der Waals surface area (Å²) in [7, 11) is 1.53. The van der Waals surface area contributed by atoms with E-state index in [1.54, 1.807) is 30.5 Å². The van der Waals surface area contributed by atoms with Crippen LogP contribution in [-0.2, 0) is 11.2 Å². The second-order valence-electron chi connectivity index (χ2n) is 8.98. The number of benzene rings is 2. The topological polar surface area (TPSA) is 131 Å². The highest BCUT2D eigenvalue weighted by molar-refractivity contribution is 6.04. The van der Waals surface area contributed by atoms with E-state index in [2.05, 4.69) is 20.6 Å². The predicted molar refractivity (Wildman–Crippen MR) is 135 cm³/mol. The molecule has 0 radical (unpaired) electrons. The summed E-state index contributed by atoms with van der Waals surface area (Å²) >= 11 is 0. The first kappa shape index (κ1) is 24.8. The van der Waals surface area contributed by atoms with E-state index in [1.807, 2.05) is 26.0 Å². The molecular formula is C27H28N4O5. The summed E-state index contributed by atoms with van der Waals surface area (Å²) in [6, 6.07) is 10.4. The third kappa shape index (κ3) is 5.05. The molecule has 0 saturated carbocycles. The molecule has 1 heterocycles. The highest BCUT2D eigenvalue weighted by Crippen LogP contribution is 2.42. The number of carboxylic acid groups (broad SMARTS) is 1. The number of hydrogen-bond donors (Lipinski definition) is 3. The summed E-state index contributed by atoms with van der Waals surface area (Å²) in [5, 5.41) is 14.7. The number of aromatic nitrogens is 2. The summed E-state index contributed by atoms with van der Waals surface area (Å²) in [4.78, 5) is 45.6. The summed E-state index contributed by atoms with van der Waals surface area (Å²) in [5.41, 5.74) is 3.50. The average molecular weight is 489 g/mol. The van der Waals surface area contributed by atoms with Crippen LogP contribution in [0.15, 0.2) is 48.8 Å². The second kappa shape index (κ2) is 10.2. The summed E-state index contributed by atoms with van der Waals surface area (Å²) in [6.45, 7) is 3.78. The molecule has 1 aliphatic rings. The third-order valence-electron chi connectivity index (χ3n) is 6.66. The fraction of sp³-hybridized carbons (Fsp3) is 0.296. The number of fused-ring (bicyclic) bond motifs is 1. The quantitative estimate of drug-likeness (QED) is 0.421. The van der Waals surface area contributed by atoms with Gasteiger partial charge < -0.3 is 15.2 Å². The zero-order valence-corrected chi connectivity index (χ0v) is 20.4. The monoisotopic (exact) mass is 488 g/mol. The van der Waals surface area contributed by atoms with Crippen LogP contribution in [0.25, 0.3) is 11.3 Å². The van der Waals surface area contributed by atoms with Gasteiger partial charge in [0.15, 0.2) is 11.6 Å². The van der Waals surface area contributed by atoms with Crippen LogP contribution in [0, 0.1) is 12.3 Å². The zero-order valence-electron chi connectivity index (χ0n) is 20.4. The van der Waals surface area contributed by atoms with Crippen LogP contribution in [0.4, 0.5) is 16.3 Å². The summed E-state index contributed by atoms with van der Waals surface area (Å²) in [6.07, 6.45) is 4.46. The maximum absolute atomic E-state index is 13.1. The number of nitrogens with one attached hydrogen (secondary N) is 2. The molecule has 0 saturated heterocycles. The third-order valence-corrected chi connectivity index (χ3v) is 6.66. The smallest absolute Gasteiger partial charge is 0.324 e. The molecule has 186 valence electrons. The first-order valence-electron chi connectivity index (χ1n) is 11.7. The number of aryl methyl sites for hydroxylation is 2. The number of rotatable bonds is 7. The molecule has 3 N–H and O–H groups in total. The second-order valence-corrected chi connectivity index (χ2v) is 8.98. The van der Waals surface area contributed by atoms with Crippen molar-refractivity contribution in [3.05, 3.63) is 65.5 Å². The summed E-state index contributed by atoms with van der Waals surface area (Å²) in [5.74, 6) is -0.248. The number of ether oxygens (including phenoxy) is 1. The van der Waals surface area contributed by atoms with Crippen LogP contribution in [0.5, 0.6) is 5.75 Å². The van der Waals surface area contributed by atoms with E-state index in [-0.39, 0.29) is 18.0 Å². The van der Waals surface area contributed by atoms with Crippen LogP contribution in [0.3, 0.4) is 0 Å². The molecule has 9 heteroatoms. The Hall–Kier alpha value is -4.27. The van der Waals surface area contributed by atoms with Gasteiger partial charge in [0.2, 0.25) is 0 Å². The molecule has 2 aromatic carbocycles.